The van der Waals surface area contributed by atoms with Crippen molar-refractivity contribution in [1.29, 1.82) is 0 Å². The summed E-state index contributed by atoms with van der Waals surface area (Å²) in [7, 11) is 1.98. The third kappa shape index (κ3) is 4.52. The fourth-order valence-corrected chi connectivity index (χ4v) is 4.32. The number of ether oxygens (including phenoxy) is 2. The van der Waals surface area contributed by atoms with Crippen LogP contribution >= 0.6 is 0 Å². The molecule has 10 heteroatoms. The van der Waals surface area contributed by atoms with Gasteiger partial charge in [0.15, 0.2) is 6.17 Å². The summed E-state index contributed by atoms with van der Waals surface area (Å²) in [6.45, 7) is 9.24. The van der Waals surface area contributed by atoms with Gasteiger partial charge in [0.25, 0.3) is 0 Å². The maximum Gasteiger partial charge on any atom is 0.410 e. The van der Waals surface area contributed by atoms with Crippen molar-refractivity contribution in [2.45, 2.75) is 58.0 Å². The Kier molecular flexibility index (Phi) is 5.65. The van der Waals surface area contributed by atoms with E-state index < -0.39 is 24.0 Å². The first kappa shape index (κ1) is 21.6. The Morgan fingerprint density at radius 3 is 2.68 bits per heavy atom. The van der Waals surface area contributed by atoms with Crippen molar-refractivity contribution in [3.05, 3.63) is 11.9 Å². The number of piperidine rings is 1. The number of amides is 1. The number of aromatic nitrogens is 2. The standard InChI is InChI=1S/C21H31FN6O3/c1-13-18(28-9-14-8-25-26(5)16(14)11-28)23-12-24-19(13)30-17-6-7-27(10-15(17)22)20(29)31-21(2,3)4/h8,12,14-17H,6-7,9-11H2,1-5H3/t14?,15-,16?,17+/m1/s1. The van der Waals surface area contributed by atoms with E-state index in [9.17, 15) is 9.18 Å². The first-order chi connectivity index (χ1) is 14.6. The lowest BCUT2D eigenvalue weighted by atomic mass is 10.1. The van der Waals surface area contributed by atoms with E-state index in [1.165, 1.54) is 11.2 Å². The molecule has 3 aliphatic rings. The zero-order valence-electron chi connectivity index (χ0n) is 18.8. The zero-order chi connectivity index (χ0) is 22.3. The first-order valence-electron chi connectivity index (χ1n) is 10.7. The number of nitrogens with zero attached hydrogens (tertiary/aromatic N) is 6. The van der Waals surface area contributed by atoms with Crippen LogP contribution in [-0.4, -0.2) is 89.3 Å². The number of rotatable bonds is 3. The lowest BCUT2D eigenvalue weighted by molar-refractivity contribution is -0.0116. The predicted molar refractivity (Wildman–Crippen MR) is 114 cm³/mol. The summed E-state index contributed by atoms with van der Waals surface area (Å²) in [4.78, 5) is 24.6. The monoisotopic (exact) mass is 434 g/mol. The van der Waals surface area contributed by atoms with E-state index >= 15 is 0 Å². The number of hydrogen-bond donors (Lipinski definition) is 0. The van der Waals surface area contributed by atoms with Gasteiger partial charge < -0.3 is 19.3 Å². The second-order valence-electron chi connectivity index (χ2n) is 9.49. The smallest absolute Gasteiger partial charge is 0.410 e. The zero-order valence-corrected chi connectivity index (χ0v) is 18.8. The SMILES string of the molecule is Cc1c(O[C@H]2CCN(C(=O)OC(C)(C)C)C[C@H]2F)ncnc1N1CC2C=NN(C)C2C1. The van der Waals surface area contributed by atoms with Crippen molar-refractivity contribution in [3.8, 4) is 5.88 Å². The molecule has 3 aliphatic heterocycles. The number of fused-ring (bicyclic) bond motifs is 1. The average Bonchev–Trinajstić information content (AvgIpc) is 3.25. The summed E-state index contributed by atoms with van der Waals surface area (Å²) < 4.78 is 26.2. The molecule has 0 N–H and O–H groups in total. The number of anilines is 1. The van der Waals surface area contributed by atoms with Crippen molar-refractivity contribution in [3.63, 3.8) is 0 Å². The highest BCUT2D eigenvalue weighted by Crippen LogP contribution is 2.33. The van der Waals surface area contributed by atoms with Gasteiger partial charge in [-0.15, -0.1) is 0 Å². The van der Waals surface area contributed by atoms with Gasteiger partial charge in [-0.1, -0.05) is 0 Å². The molecule has 4 heterocycles. The number of carbonyl (C=O) groups excluding carboxylic acids is 1. The molecule has 2 fully saturated rings. The molecule has 9 nitrogen and oxygen atoms in total. The average molecular weight is 435 g/mol. The third-order valence-corrected chi connectivity index (χ3v) is 5.96. The maximum absolute atomic E-state index is 14.9. The molecule has 2 saturated heterocycles. The Bertz CT molecular complexity index is 860. The fourth-order valence-electron chi connectivity index (χ4n) is 4.32. The van der Waals surface area contributed by atoms with Crippen molar-refractivity contribution in [1.82, 2.24) is 19.9 Å². The van der Waals surface area contributed by atoms with Crippen LogP contribution < -0.4 is 9.64 Å². The molecule has 0 aromatic carbocycles. The maximum atomic E-state index is 14.9. The summed E-state index contributed by atoms with van der Waals surface area (Å²) in [6.07, 6.45) is 1.33. The number of likely N-dealkylation sites (tertiary alicyclic amines) is 1. The molecule has 4 rings (SSSR count). The van der Waals surface area contributed by atoms with E-state index in [1.54, 1.807) is 20.8 Å². The predicted octanol–water partition coefficient (Wildman–Crippen LogP) is 2.25. The van der Waals surface area contributed by atoms with E-state index in [1.807, 2.05) is 25.2 Å². The van der Waals surface area contributed by atoms with E-state index in [0.29, 0.717) is 30.8 Å². The summed E-state index contributed by atoms with van der Waals surface area (Å²) in [5.41, 5.74) is 0.184. The number of likely N-dealkylation sites (N-methyl/N-ethyl adjacent to an activating group) is 1. The van der Waals surface area contributed by atoms with E-state index in [0.717, 1.165) is 24.5 Å². The summed E-state index contributed by atoms with van der Waals surface area (Å²) in [6, 6.07) is 0.339. The van der Waals surface area contributed by atoms with Gasteiger partial charge in [0.2, 0.25) is 5.88 Å². The molecular formula is C21H31FN6O3. The Hall–Kier alpha value is -2.65. The number of hydrazone groups is 1. The van der Waals surface area contributed by atoms with Crippen LogP contribution in [0.3, 0.4) is 0 Å². The molecule has 31 heavy (non-hydrogen) atoms. The highest BCUT2D eigenvalue weighted by molar-refractivity contribution is 5.68. The Labute approximate surface area is 182 Å². The van der Waals surface area contributed by atoms with Crippen molar-refractivity contribution in [2.24, 2.45) is 11.0 Å². The lowest BCUT2D eigenvalue weighted by Crippen LogP contribution is -2.50. The first-order valence-corrected chi connectivity index (χ1v) is 10.7. The van der Waals surface area contributed by atoms with Gasteiger partial charge in [-0.2, -0.15) is 5.10 Å². The quantitative estimate of drug-likeness (QED) is 0.721. The number of alkyl halides is 1. The molecule has 0 bridgehead atoms. The van der Waals surface area contributed by atoms with Crippen LogP contribution in [0.4, 0.5) is 15.0 Å². The minimum absolute atomic E-state index is 0.0578. The second-order valence-corrected chi connectivity index (χ2v) is 9.49. The van der Waals surface area contributed by atoms with Crippen molar-refractivity contribution >= 4 is 18.1 Å². The largest absolute Gasteiger partial charge is 0.471 e. The van der Waals surface area contributed by atoms with Crippen LogP contribution in [0.25, 0.3) is 0 Å². The van der Waals surface area contributed by atoms with Gasteiger partial charge in [0.1, 0.15) is 23.9 Å². The number of carbonyl (C=O) groups is 1. The molecule has 0 spiro atoms. The molecule has 1 amide bonds. The van der Waals surface area contributed by atoms with E-state index in [4.69, 9.17) is 9.47 Å². The van der Waals surface area contributed by atoms with Crippen LogP contribution in [-0.2, 0) is 4.74 Å². The van der Waals surface area contributed by atoms with Gasteiger partial charge in [-0.3, -0.25) is 5.01 Å². The Balaban J connectivity index is 1.40. The molecule has 170 valence electrons. The van der Waals surface area contributed by atoms with Gasteiger partial charge in [-0.05, 0) is 27.7 Å². The number of halogens is 1. The minimum atomic E-state index is -1.32. The van der Waals surface area contributed by atoms with Crippen LogP contribution in [0.2, 0.25) is 0 Å². The number of hydrogen-bond acceptors (Lipinski definition) is 8. The molecule has 4 atom stereocenters. The molecule has 0 radical (unpaired) electrons. The summed E-state index contributed by atoms with van der Waals surface area (Å²) in [5, 5.41) is 6.35. The summed E-state index contributed by atoms with van der Waals surface area (Å²) >= 11 is 0. The Morgan fingerprint density at radius 2 is 2.00 bits per heavy atom. The highest BCUT2D eigenvalue weighted by Gasteiger charge is 2.39. The summed E-state index contributed by atoms with van der Waals surface area (Å²) in [5.74, 6) is 1.57. The van der Waals surface area contributed by atoms with Crippen LogP contribution in [0.15, 0.2) is 11.4 Å². The highest BCUT2D eigenvalue weighted by atomic mass is 19.1. The fraction of sp³-hybridized carbons (Fsp3) is 0.714. The van der Waals surface area contributed by atoms with Crippen LogP contribution in [0.5, 0.6) is 5.88 Å². The molecular weight excluding hydrogens is 403 g/mol. The van der Waals surface area contributed by atoms with E-state index in [2.05, 4.69) is 20.0 Å². The van der Waals surface area contributed by atoms with E-state index in [-0.39, 0.29) is 6.54 Å². The molecule has 1 aromatic heterocycles. The molecule has 0 saturated carbocycles. The van der Waals surface area contributed by atoms with Gasteiger partial charge in [-0.25, -0.2) is 19.2 Å². The van der Waals surface area contributed by atoms with Gasteiger partial charge in [0, 0.05) is 45.2 Å². The minimum Gasteiger partial charge on any atom is -0.471 e. The second kappa shape index (κ2) is 8.12. The van der Waals surface area contributed by atoms with Crippen LogP contribution in [0, 0.1) is 12.8 Å². The Morgan fingerprint density at radius 1 is 1.23 bits per heavy atom. The molecule has 1 aromatic rings. The topological polar surface area (TPSA) is 83.4 Å². The van der Waals surface area contributed by atoms with Crippen molar-refractivity contribution in [2.75, 3.05) is 38.1 Å². The normalized spacial score (nSPS) is 28.1. The molecule has 0 aliphatic carbocycles. The van der Waals surface area contributed by atoms with Crippen LogP contribution in [0.1, 0.15) is 32.8 Å². The van der Waals surface area contributed by atoms with Crippen molar-refractivity contribution < 1.29 is 18.7 Å². The van der Waals surface area contributed by atoms with Gasteiger partial charge >= 0.3 is 6.09 Å². The molecule has 2 unspecified atom stereocenters. The van der Waals surface area contributed by atoms with Gasteiger partial charge in [0.05, 0.1) is 18.2 Å². The lowest BCUT2D eigenvalue weighted by Gasteiger charge is -2.35. The third-order valence-electron chi connectivity index (χ3n) is 5.96.